The van der Waals surface area contributed by atoms with Crippen LogP contribution in [0, 0.1) is 5.92 Å². The minimum atomic E-state index is 0.0914. The molecule has 1 atom stereocenters. The summed E-state index contributed by atoms with van der Waals surface area (Å²) < 4.78 is 0. The Morgan fingerprint density at radius 2 is 1.73 bits per heavy atom. The molecular formula is C19H36N2O. The van der Waals surface area contributed by atoms with Crippen molar-refractivity contribution in [2.75, 3.05) is 0 Å². The predicted molar refractivity (Wildman–Crippen MR) is 95.1 cm³/mol. The van der Waals surface area contributed by atoms with Gasteiger partial charge in [0.05, 0.1) is 0 Å². The Kier molecular flexibility index (Phi) is 11.0. The van der Waals surface area contributed by atoms with E-state index in [4.69, 9.17) is 0 Å². The van der Waals surface area contributed by atoms with Crippen LogP contribution in [0.3, 0.4) is 0 Å². The third-order valence-electron chi connectivity index (χ3n) is 4.59. The summed E-state index contributed by atoms with van der Waals surface area (Å²) in [5.41, 5.74) is 3.93. The molecule has 0 aliphatic heterocycles. The van der Waals surface area contributed by atoms with Gasteiger partial charge in [-0.2, -0.15) is 5.10 Å². The molecule has 0 aromatic heterocycles. The summed E-state index contributed by atoms with van der Waals surface area (Å²) in [4.78, 5) is 11.8. The van der Waals surface area contributed by atoms with Gasteiger partial charge in [-0.25, -0.2) is 5.43 Å². The van der Waals surface area contributed by atoms with Gasteiger partial charge in [-0.15, -0.1) is 0 Å². The second-order valence-corrected chi connectivity index (χ2v) is 6.99. The summed E-state index contributed by atoms with van der Waals surface area (Å²) in [5.74, 6) is 0.815. The second kappa shape index (κ2) is 12.7. The maximum absolute atomic E-state index is 11.8. The summed E-state index contributed by atoms with van der Waals surface area (Å²) >= 11 is 0. The molecule has 0 bridgehead atoms. The van der Waals surface area contributed by atoms with Crippen molar-refractivity contribution in [2.24, 2.45) is 11.0 Å². The molecule has 0 aromatic rings. The van der Waals surface area contributed by atoms with E-state index < -0.39 is 0 Å². The molecule has 0 heterocycles. The van der Waals surface area contributed by atoms with E-state index >= 15 is 0 Å². The fourth-order valence-corrected chi connectivity index (χ4v) is 3.16. The fraction of sp³-hybridized carbons (Fsp3) is 0.895. The first-order valence-electron chi connectivity index (χ1n) is 9.56. The fourth-order valence-electron chi connectivity index (χ4n) is 3.16. The van der Waals surface area contributed by atoms with Crippen molar-refractivity contribution in [1.82, 2.24) is 5.43 Å². The van der Waals surface area contributed by atoms with E-state index in [-0.39, 0.29) is 5.91 Å². The lowest BCUT2D eigenvalue weighted by atomic mass is 9.89. The molecule has 22 heavy (non-hydrogen) atoms. The molecule has 0 saturated heterocycles. The first kappa shape index (κ1) is 19.2. The van der Waals surface area contributed by atoms with Crippen molar-refractivity contribution in [3.05, 3.63) is 0 Å². The van der Waals surface area contributed by atoms with Crippen LogP contribution in [0.5, 0.6) is 0 Å². The van der Waals surface area contributed by atoms with Crippen molar-refractivity contribution in [3.8, 4) is 0 Å². The normalized spacial score (nSPS) is 20.3. The van der Waals surface area contributed by atoms with Gasteiger partial charge in [-0.3, -0.25) is 4.79 Å². The van der Waals surface area contributed by atoms with Crippen LogP contribution in [0.1, 0.15) is 104 Å². The third-order valence-corrected chi connectivity index (χ3v) is 4.59. The number of amides is 1. The lowest BCUT2D eigenvalue weighted by molar-refractivity contribution is -0.121. The van der Waals surface area contributed by atoms with Gasteiger partial charge in [0.15, 0.2) is 0 Å². The van der Waals surface area contributed by atoms with Crippen molar-refractivity contribution in [2.45, 2.75) is 104 Å². The highest BCUT2D eigenvalue weighted by atomic mass is 16.2. The van der Waals surface area contributed by atoms with Crippen LogP contribution in [0.2, 0.25) is 0 Å². The average Bonchev–Trinajstić information content (AvgIpc) is 2.51. The Balaban J connectivity index is 1.94. The van der Waals surface area contributed by atoms with Gasteiger partial charge in [0.2, 0.25) is 5.91 Å². The third kappa shape index (κ3) is 9.97. The largest absolute Gasteiger partial charge is 0.273 e. The number of rotatable bonds is 11. The Morgan fingerprint density at radius 3 is 2.36 bits per heavy atom. The van der Waals surface area contributed by atoms with Gasteiger partial charge in [0.1, 0.15) is 0 Å². The number of hydrazone groups is 1. The molecule has 128 valence electrons. The van der Waals surface area contributed by atoms with Crippen molar-refractivity contribution in [1.29, 1.82) is 0 Å². The summed E-state index contributed by atoms with van der Waals surface area (Å²) in [6, 6.07) is 0. The summed E-state index contributed by atoms with van der Waals surface area (Å²) in [5, 5.41) is 4.31. The summed E-state index contributed by atoms with van der Waals surface area (Å²) in [7, 11) is 0. The quantitative estimate of drug-likeness (QED) is 0.392. The smallest absolute Gasteiger partial charge is 0.240 e. The van der Waals surface area contributed by atoms with Crippen LogP contribution in [0.4, 0.5) is 0 Å². The minimum Gasteiger partial charge on any atom is -0.273 e. The number of hydrogen-bond acceptors (Lipinski definition) is 2. The molecule has 1 saturated carbocycles. The molecule has 1 amide bonds. The van der Waals surface area contributed by atoms with Gasteiger partial charge in [-0.05, 0) is 38.0 Å². The number of nitrogens with zero attached hydrogens (tertiary/aromatic N) is 1. The van der Waals surface area contributed by atoms with E-state index in [1.54, 1.807) is 0 Å². The highest BCUT2D eigenvalue weighted by Gasteiger charge is 2.14. The average molecular weight is 309 g/mol. The van der Waals surface area contributed by atoms with Crippen LogP contribution in [0.15, 0.2) is 5.10 Å². The zero-order chi connectivity index (χ0) is 16.0. The zero-order valence-corrected chi connectivity index (χ0v) is 14.8. The number of unbranched alkanes of at least 4 members (excludes halogenated alkanes) is 8. The van der Waals surface area contributed by atoms with Gasteiger partial charge in [-0.1, -0.05) is 65.2 Å². The zero-order valence-electron chi connectivity index (χ0n) is 14.8. The van der Waals surface area contributed by atoms with Gasteiger partial charge >= 0.3 is 0 Å². The van der Waals surface area contributed by atoms with Crippen LogP contribution in [0.25, 0.3) is 0 Å². The van der Waals surface area contributed by atoms with Crippen molar-refractivity contribution < 1.29 is 4.79 Å². The number of carbonyl (C=O) groups is 1. The molecule has 1 fully saturated rings. The van der Waals surface area contributed by atoms with Crippen molar-refractivity contribution >= 4 is 11.6 Å². The number of carbonyl (C=O) groups excluding carboxylic acids is 1. The van der Waals surface area contributed by atoms with Gasteiger partial charge < -0.3 is 0 Å². The van der Waals surface area contributed by atoms with E-state index in [1.165, 1.54) is 69.9 Å². The molecule has 1 aliphatic rings. The second-order valence-electron chi connectivity index (χ2n) is 6.99. The number of hydrogen-bond donors (Lipinski definition) is 1. The monoisotopic (exact) mass is 308 g/mol. The lowest BCUT2D eigenvalue weighted by Crippen LogP contribution is -2.21. The first-order chi connectivity index (χ1) is 10.7. The maximum atomic E-state index is 11.8. The molecule has 0 spiro atoms. The Labute approximate surface area is 137 Å². The maximum Gasteiger partial charge on any atom is 0.240 e. The minimum absolute atomic E-state index is 0.0914. The Bertz CT molecular complexity index is 325. The van der Waals surface area contributed by atoms with E-state index in [9.17, 15) is 4.79 Å². The van der Waals surface area contributed by atoms with E-state index in [0.717, 1.165) is 25.2 Å². The first-order valence-corrected chi connectivity index (χ1v) is 9.56. The molecule has 1 aliphatic carbocycles. The van der Waals surface area contributed by atoms with Crippen LogP contribution in [-0.2, 0) is 4.79 Å². The Hall–Kier alpha value is -0.860. The van der Waals surface area contributed by atoms with Gasteiger partial charge in [0.25, 0.3) is 0 Å². The highest BCUT2D eigenvalue weighted by Crippen LogP contribution is 2.20. The van der Waals surface area contributed by atoms with Crippen molar-refractivity contribution in [3.63, 3.8) is 0 Å². The lowest BCUT2D eigenvalue weighted by Gasteiger charge is -2.18. The molecule has 3 nitrogen and oxygen atoms in total. The van der Waals surface area contributed by atoms with Crippen LogP contribution < -0.4 is 5.43 Å². The Morgan fingerprint density at radius 1 is 1.09 bits per heavy atom. The molecule has 0 radical (unpaired) electrons. The topological polar surface area (TPSA) is 41.5 Å². The predicted octanol–water partition coefficient (Wildman–Crippen LogP) is 5.59. The molecule has 1 rings (SSSR count). The molecular weight excluding hydrogens is 272 g/mol. The number of nitrogens with one attached hydrogen (secondary N) is 1. The van der Waals surface area contributed by atoms with Gasteiger partial charge in [0, 0.05) is 12.1 Å². The summed E-state index contributed by atoms with van der Waals surface area (Å²) in [6.45, 7) is 4.52. The SMILES string of the molecule is CCCCCCCCCCCC(=O)NN=C1CCCC(C)C1. The van der Waals surface area contributed by atoms with E-state index in [1.807, 2.05) is 0 Å². The molecule has 1 unspecified atom stereocenters. The highest BCUT2D eigenvalue weighted by molar-refractivity contribution is 5.87. The van der Waals surface area contributed by atoms with E-state index in [2.05, 4.69) is 24.4 Å². The van der Waals surface area contributed by atoms with Crippen LogP contribution >= 0.6 is 0 Å². The molecule has 3 heteroatoms. The van der Waals surface area contributed by atoms with Crippen LogP contribution in [-0.4, -0.2) is 11.6 Å². The molecule has 0 aromatic carbocycles. The standard InChI is InChI=1S/C19H36N2O/c1-3-4-5-6-7-8-9-10-11-15-19(22)21-20-18-14-12-13-17(2)16-18/h17H,3-16H2,1-2H3,(H,21,22). The summed E-state index contributed by atoms with van der Waals surface area (Å²) in [6.07, 6.45) is 16.8. The molecule has 1 N–H and O–H groups in total. The van der Waals surface area contributed by atoms with E-state index in [0.29, 0.717) is 6.42 Å².